The molecule has 0 bridgehead atoms. The minimum absolute atomic E-state index is 0.0569. The maximum Gasteiger partial charge on any atom is 0.141 e. The molecule has 0 saturated heterocycles. The highest BCUT2D eigenvalue weighted by atomic mass is 35.5. The molecule has 1 fully saturated rings. The average molecular weight is 258 g/mol. The zero-order valence-corrected chi connectivity index (χ0v) is 10.5. The summed E-state index contributed by atoms with van der Waals surface area (Å²) in [5.74, 6) is 0.0622. The Morgan fingerprint density at radius 3 is 2.82 bits per heavy atom. The van der Waals surface area contributed by atoms with E-state index in [2.05, 4.69) is 5.32 Å². The van der Waals surface area contributed by atoms with Crippen molar-refractivity contribution in [3.63, 3.8) is 0 Å². The number of hydrogen-bond donors (Lipinski definition) is 2. The third-order valence-electron chi connectivity index (χ3n) is 3.24. The van der Waals surface area contributed by atoms with Gasteiger partial charge in [0.05, 0.1) is 11.1 Å². The van der Waals surface area contributed by atoms with Gasteiger partial charge in [0.2, 0.25) is 0 Å². The quantitative estimate of drug-likeness (QED) is 0.850. The highest BCUT2D eigenvalue weighted by molar-refractivity contribution is 6.30. The lowest BCUT2D eigenvalue weighted by Crippen LogP contribution is -2.30. The van der Waals surface area contributed by atoms with Gasteiger partial charge in [-0.2, -0.15) is 0 Å². The van der Waals surface area contributed by atoms with Crippen molar-refractivity contribution in [3.05, 3.63) is 34.6 Å². The summed E-state index contributed by atoms with van der Waals surface area (Å²) in [4.78, 5) is 0. The molecule has 1 aliphatic rings. The zero-order valence-electron chi connectivity index (χ0n) is 9.79. The predicted molar refractivity (Wildman–Crippen MR) is 66.6 cm³/mol. The SMILES string of the molecule is CC(NCC(O)C1CC1)c1ccc(F)c(Cl)c1. The van der Waals surface area contributed by atoms with Gasteiger partial charge in [-0.3, -0.25) is 0 Å². The van der Waals surface area contributed by atoms with Gasteiger partial charge in [0, 0.05) is 12.6 Å². The van der Waals surface area contributed by atoms with E-state index in [0.717, 1.165) is 18.4 Å². The molecule has 1 aromatic carbocycles. The Kier molecular flexibility index (Phi) is 4.02. The highest BCUT2D eigenvalue weighted by Crippen LogP contribution is 2.32. The lowest BCUT2D eigenvalue weighted by molar-refractivity contribution is 0.145. The second-order valence-corrected chi connectivity index (χ2v) is 5.12. The zero-order chi connectivity index (χ0) is 12.4. The van der Waals surface area contributed by atoms with Crippen LogP contribution in [0.2, 0.25) is 5.02 Å². The van der Waals surface area contributed by atoms with Crippen LogP contribution in [-0.4, -0.2) is 17.8 Å². The van der Waals surface area contributed by atoms with Crippen LogP contribution in [0.15, 0.2) is 18.2 Å². The molecule has 17 heavy (non-hydrogen) atoms. The number of aliphatic hydroxyl groups is 1. The third kappa shape index (κ3) is 3.41. The minimum Gasteiger partial charge on any atom is -0.392 e. The molecule has 0 heterocycles. The van der Waals surface area contributed by atoms with Gasteiger partial charge < -0.3 is 10.4 Å². The first-order chi connectivity index (χ1) is 8.08. The molecule has 0 aliphatic heterocycles. The summed E-state index contributed by atoms with van der Waals surface area (Å²) in [6.45, 7) is 2.55. The van der Waals surface area contributed by atoms with E-state index in [1.807, 2.05) is 6.92 Å². The van der Waals surface area contributed by atoms with Crippen LogP contribution in [0.3, 0.4) is 0 Å². The van der Waals surface area contributed by atoms with Crippen LogP contribution in [-0.2, 0) is 0 Å². The Morgan fingerprint density at radius 2 is 2.24 bits per heavy atom. The van der Waals surface area contributed by atoms with Gasteiger partial charge in [0.15, 0.2) is 0 Å². The van der Waals surface area contributed by atoms with E-state index in [1.54, 1.807) is 12.1 Å². The number of benzene rings is 1. The molecule has 94 valence electrons. The second kappa shape index (κ2) is 5.34. The summed E-state index contributed by atoms with van der Waals surface area (Å²) >= 11 is 5.73. The van der Waals surface area contributed by atoms with Crippen molar-refractivity contribution >= 4 is 11.6 Å². The summed E-state index contributed by atoms with van der Waals surface area (Å²) in [6, 6.07) is 4.76. The maximum atomic E-state index is 13.0. The monoisotopic (exact) mass is 257 g/mol. The molecule has 0 spiro atoms. The van der Waals surface area contributed by atoms with Gasteiger partial charge in [-0.15, -0.1) is 0 Å². The van der Waals surface area contributed by atoms with E-state index >= 15 is 0 Å². The van der Waals surface area contributed by atoms with Crippen LogP contribution in [0.4, 0.5) is 4.39 Å². The summed E-state index contributed by atoms with van der Waals surface area (Å²) in [5.41, 5.74) is 0.930. The van der Waals surface area contributed by atoms with Crippen LogP contribution >= 0.6 is 11.6 Å². The topological polar surface area (TPSA) is 32.3 Å². The Labute approximate surface area is 106 Å². The lowest BCUT2D eigenvalue weighted by atomic mass is 10.1. The molecule has 1 aromatic rings. The van der Waals surface area contributed by atoms with Crippen LogP contribution in [0.5, 0.6) is 0 Å². The molecular formula is C13H17ClFNO. The predicted octanol–water partition coefficient (Wildman–Crippen LogP) is 2.90. The molecule has 1 aliphatic carbocycles. The first kappa shape index (κ1) is 12.8. The van der Waals surface area contributed by atoms with Crippen LogP contribution in [0.1, 0.15) is 31.4 Å². The third-order valence-corrected chi connectivity index (χ3v) is 3.53. The number of rotatable bonds is 5. The van der Waals surface area contributed by atoms with E-state index < -0.39 is 5.82 Å². The van der Waals surface area contributed by atoms with Crippen molar-refractivity contribution in [1.82, 2.24) is 5.32 Å². The Hall–Kier alpha value is -0.640. The molecule has 2 unspecified atom stereocenters. The fourth-order valence-corrected chi connectivity index (χ4v) is 2.03. The van der Waals surface area contributed by atoms with Crippen LogP contribution in [0.25, 0.3) is 0 Å². The molecular weight excluding hydrogens is 241 g/mol. The first-order valence-electron chi connectivity index (χ1n) is 5.94. The van der Waals surface area contributed by atoms with Crippen molar-refractivity contribution in [2.45, 2.75) is 31.9 Å². The minimum atomic E-state index is -0.402. The van der Waals surface area contributed by atoms with Gasteiger partial charge in [0.25, 0.3) is 0 Å². The summed E-state index contributed by atoms with van der Waals surface area (Å²) in [6.07, 6.45) is 1.98. The van der Waals surface area contributed by atoms with E-state index in [-0.39, 0.29) is 17.2 Å². The summed E-state index contributed by atoms with van der Waals surface area (Å²) < 4.78 is 13.0. The van der Waals surface area contributed by atoms with Gasteiger partial charge in [-0.1, -0.05) is 17.7 Å². The molecule has 0 amide bonds. The fraction of sp³-hybridized carbons (Fsp3) is 0.538. The van der Waals surface area contributed by atoms with Gasteiger partial charge in [0.1, 0.15) is 5.82 Å². The number of halogens is 2. The maximum absolute atomic E-state index is 13.0. The van der Waals surface area contributed by atoms with Crippen molar-refractivity contribution in [3.8, 4) is 0 Å². The Bertz CT molecular complexity index is 395. The van der Waals surface area contributed by atoms with Crippen molar-refractivity contribution < 1.29 is 9.50 Å². The largest absolute Gasteiger partial charge is 0.392 e. The molecule has 2 nitrogen and oxygen atoms in total. The van der Waals surface area contributed by atoms with Crippen molar-refractivity contribution in [2.75, 3.05) is 6.54 Å². The first-order valence-corrected chi connectivity index (χ1v) is 6.32. The van der Waals surface area contributed by atoms with Crippen LogP contribution < -0.4 is 5.32 Å². The fourth-order valence-electron chi connectivity index (χ4n) is 1.84. The molecule has 4 heteroatoms. The van der Waals surface area contributed by atoms with E-state index in [1.165, 1.54) is 6.07 Å². The van der Waals surface area contributed by atoms with Gasteiger partial charge in [-0.05, 0) is 43.4 Å². The van der Waals surface area contributed by atoms with E-state index in [4.69, 9.17) is 11.6 Å². The highest BCUT2D eigenvalue weighted by Gasteiger charge is 2.29. The standard InChI is InChI=1S/C13H17ClFNO/c1-8(16-7-13(17)9-2-3-9)10-4-5-12(15)11(14)6-10/h4-6,8-9,13,16-17H,2-3,7H2,1H3. The van der Waals surface area contributed by atoms with E-state index in [0.29, 0.717) is 12.5 Å². The van der Waals surface area contributed by atoms with Crippen LogP contribution in [0, 0.1) is 11.7 Å². The number of hydrogen-bond acceptors (Lipinski definition) is 2. The molecule has 0 aromatic heterocycles. The Morgan fingerprint density at radius 1 is 1.53 bits per heavy atom. The molecule has 2 atom stereocenters. The number of aliphatic hydroxyl groups excluding tert-OH is 1. The van der Waals surface area contributed by atoms with Crippen molar-refractivity contribution in [2.24, 2.45) is 5.92 Å². The summed E-state index contributed by atoms with van der Waals surface area (Å²) in [7, 11) is 0. The molecule has 1 saturated carbocycles. The lowest BCUT2D eigenvalue weighted by Gasteiger charge is -2.17. The van der Waals surface area contributed by atoms with E-state index in [9.17, 15) is 9.50 Å². The number of nitrogens with one attached hydrogen (secondary N) is 1. The summed E-state index contributed by atoms with van der Waals surface area (Å²) in [5, 5.41) is 13.1. The smallest absolute Gasteiger partial charge is 0.141 e. The molecule has 2 rings (SSSR count). The van der Waals surface area contributed by atoms with Gasteiger partial charge in [-0.25, -0.2) is 4.39 Å². The normalized spacial score (nSPS) is 19.1. The van der Waals surface area contributed by atoms with Gasteiger partial charge >= 0.3 is 0 Å². The second-order valence-electron chi connectivity index (χ2n) is 4.71. The van der Waals surface area contributed by atoms with Crippen molar-refractivity contribution in [1.29, 1.82) is 0 Å². The average Bonchev–Trinajstić information content (AvgIpc) is 3.13. The Balaban J connectivity index is 1.89. The molecule has 0 radical (unpaired) electrons. The molecule has 2 N–H and O–H groups in total.